The van der Waals surface area contributed by atoms with Crippen molar-refractivity contribution in [3.63, 3.8) is 0 Å². The summed E-state index contributed by atoms with van der Waals surface area (Å²) in [6, 6.07) is 0. The van der Waals surface area contributed by atoms with Gasteiger partial charge in [0.15, 0.2) is 0 Å². The van der Waals surface area contributed by atoms with Crippen LogP contribution in [-0.4, -0.2) is 11.5 Å². The minimum Gasteiger partial charge on any atom is -1.00 e. The molecule has 0 saturated carbocycles. The summed E-state index contributed by atoms with van der Waals surface area (Å²) in [6.07, 6.45) is 0. The summed E-state index contributed by atoms with van der Waals surface area (Å²) in [5.74, 6) is 0. The van der Waals surface area contributed by atoms with E-state index < -0.39 is 8.25 Å². The van der Waals surface area contributed by atoms with E-state index in [1.165, 1.54) is 0 Å². The van der Waals surface area contributed by atoms with E-state index in [-0.39, 0.29) is 93.0 Å². The topological polar surface area (TPSA) is 46.5 Å². The molecule has 0 amide bonds. The maximum Gasteiger partial charge on any atom is 1.00 e. The Bertz CT molecular complexity index is 70.8. The van der Waals surface area contributed by atoms with Crippen LogP contribution in [0.25, 0.3) is 0 Å². The van der Waals surface area contributed by atoms with Crippen LogP contribution < -0.4 is 88.7 Å². The zero-order valence-corrected chi connectivity index (χ0v) is 13.3. The Labute approximate surface area is 127 Å². The molecule has 1 N–H and O–H groups in total. The summed E-state index contributed by atoms with van der Waals surface area (Å²) in [7, 11) is -2.35. The maximum atomic E-state index is 9.53. The van der Waals surface area contributed by atoms with Crippen LogP contribution in [0.5, 0.6) is 0 Å². The van der Waals surface area contributed by atoms with E-state index in [1.54, 1.807) is 6.92 Å². The molecule has 0 aliphatic rings. The zero-order chi connectivity index (χ0) is 4.99. The second-order valence-electron chi connectivity index (χ2n) is 0.656. The molecule has 1 atom stereocenters. The Morgan fingerprint density at radius 3 is 1.89 bits per heavy atom. The zero-order valence-electron chi connectivity index (χ0n) is 9.42. The summed E-state index contributed by atoms with van der Waals surface area (Å²) < 4.78 is 13.6. The fourth-order valence-electron chi connectivity index (χ4n) is 0.110. The molecule has 1 unspecified atom stereocenters. The van der Waals surface area contributed by atoms with Gasteiger partial charge in [-0.1, -0.05) is 0 Å². The molecule has 0 radical (unpaired) electrons. The van der Waals surface area contributed by atoms with Crippen LogP contribution in [0.15, 0.2) is 0 Å². The average molecular weight is 181 g/mol. The molecule has 0 aliphatic heterocycles. The van der Waals surface area contributed by atoms with Crippen molar-refractivity contribution in [3.8, 4) is 0 Å². The van der Waals surface area contributed by atoms with Gasteiger partial charge in [0.25, 0.3) is 0 Å². The summed E-state index contributed by atoms with van der Waals surface area (Å²) in [6.45, 7) is 1.95. The van der Waals surface area contributed by atoms with Crippen LogP contribution >= 0.6 is 8.25 Å². The number of rotatable bonds is 2. The second kappa shape index (κ2) is 17.2. The van der Waals surface area contributed by atoms with Crippen LogP contribution in [0.4, 0.5) is 0 Å². The van der Waals surface area contributed by atoms with Gasteiger partial charge in [0.1, 0.15) is 6.61 Å². The van der Waals surface area contributed by atoms with Crippen LogP contribution in [-0.2, 0) is 9.09 Å². The minimum atomic E-state index is -2.35. The molecule has 0 heterocycles. The van der Waals surface area contributed by atoms with Crippen molar-refractivity contribution in [2.24, 2.45) is 0 Å². The molecule has 3 nitrogen and oxygen atoms in total. The van der Waals surface area contributed by atoms with Gasteiger partial charge >= 0.3 is 96.9 Å². The van der Waals surface area contributed by atoms with Crippen LogP contribution in [0.2, 0.25) is 0 Å². The molecule has 0 bridgehead atoms. The standard InChI is InChI=1S/C2H5O3P.3Na.3H/c1-2-5-6(3)4;;;;;;/h2H2,1H3;;;;;;/q;3*+1;3*-1/p+1. The van der Waals surface area contributed by atoms with Gasteiger partial charge in [-0.05, 0) is 6.92 Å². The maximum absolute atomic E-state index is 9.53. The number of hydrogen-bond acceptors (Lipinski definition) is 2. The van der Waals surface area contributed by atoms with Crippen LogP contribution in [0.3, 0.4) is 0 Å². The first-order valence-corrected chi connectivity index (χ1v) is 2.69. The van der Waals surface area contributed by atoms with Crippen molar-refractivity contribution < 1.29 is 107 Å². The Morgan fingerprint density at radius 1 is 1.56 bits per heavy atom. The third-order valence-electron chi connectivity index (χ3n) is 0.240. The van der Waals surface area contributed by atoms with E-state index in [4.69, 9.17) is 4.89 Å². The molecular formula is C2H9Na3O3P+. The molecule has 42 valence electrons. The van der Waals surface area contributed by atoms with Gasteiger partial charge in [0, 0.05) is 4.57 Å². The van der Waals surface area contributed by atoms with Gasteiger partial charge in [0.2, 0.25) is 0 Å². The normalized spacial score (nSPS) is 7.56. The molecule has 7 heteroatoms. The van der Waals surface area contributed by atoms with Gasteiger partial charge in [-0.2, -0.15) is 0 Å². The molecule has 0 rings (SSSR count). The van der Waals surface area contributed by atoms with E-state index in [2.05, 4.69) is 4.52 Å². The van der Waals surface area contributed by atoms with E-state index in [9.17, 15) is 4.57 Å². The van der Waals surface area contributed by atoms with Crippen molar-refractivity contribution in [2.75, 3.05) is 6.61 Å². The number of hydrogen-bond donors (Lipinski definition) is 1. The Kier molecular flexibility index (Phi) is 43.4. The predicted molar refractivity (Wildman–Crippen MR) is 24.8 cm³/mol. The fourth-order valence-corrected chi connectivity index (χ4v) is 0.331. The van der Waals surface area contributed by atoms with Gasteiger partial charge < -0.3 is 4.28 Å². The first-order chi connectivity index (χ1) is 2.77. The molecular weight excluding hydrogens is 172 g/mol. The third kappa shape index (κ3) is 24.7. The largest absolute Gasteiger partial charge is 1.00 e. The predicted octanol–water partition coefficient (Wildman–Crippen LogP) is -7.98. The van der Waals surface area contributed by atoms with E-state index in [1.807, 2.05) is 0 Å². The van der Waals surface area contributed by atoms with Crippen molar-refractivity contribution in [3.05, 3.63) is 0 Å². The van der Waals surface area contributed by atoms with Crippen molar-refractivity contribution in [1.29, 1.82) is 0 Å². The van der Waals surface area contributed by atoms with E-state index in [0.717, 1.165) is 0 Å². The molecule has 0 fully saturated rings. The quantitative estimate of drug-likeness (QED) is 0.340. The average Bonchev–Trinajstić information content (AvgIpc) is 1.35. The molecule has 0 saturated heterocycles. The Morgan fingerprint density at radius 2 is 1.89 bits per heavy atom. The summed E-state index contributed by atoms with van der Waals surface area (Å²) >= 11 is 0. The van der Waals surface area contributed by atoms with Crippen LogP contribution in [0, 0.1) is 0 Å². The van der Waals surface area contributed by atoms with Crippen molar-refractivity contribution in [2.45, 2.75) is 6.92 Å². The molecule has 0 aromatic carbocycles. The molecule has 0 spiro atoms. The molecule has 0 aromatic heterocycles. The second-order valence-corrected chi connectivity index (χ2v) is 1.39. The Hall–Kier alpha value is 3.02. The van der Waals surface area contributed by atoms with Crippen LogP contribution in [0.1, 0.15) is 11.2 Å². The van der Waals surface area contributed by atoms with Gasteiger partial charge in [-0.15, -0.1) is 9.42 Å². The van der Waals surface area contributed by atoms with E-state index in [0.29, 0.717) is 6.61 Å². The van der Waals surface area contributed by atoms with E-state index >= 15 is 0 Å². The molecule has 9 heavy (non-hydrogen) atoms. The molecule has 0 aromatic rings. The SMILES string of the molecule is CCO[P+](=O)O.[H-].[H-].[H-].[Na+].[Na+].[Na+]. The smallest absolute Gasteiger partial charge is 1.00 e. The summed E-state index contributed by atoms with van der Waals surface area (Å²) in [5.41, 5.74) is 0. The van der Waals surface area contributed by atoms with Gasteiger partial charge in [-0.3, -0.25) is 0 Å². The first kappa shape index (κ1) is 22.7. The van der Waals surface area contributed by atoms with Crippen molar-refractivity contribution >= 4 is 8.25 Å². The Balaban J connectivity index is -0.00000000833. The minimum absolute atomic E-state index is 0. The first-order valence-electron chi connectivity index (χ1n) is 1.56. The fraction of sp³-hybridized carbons (Fsp3) is 1.00. The third-order valence-corrected chi connectivity index (χ3v) is 0.719. The molecule has 0 aliphatic carbocycles. The summed E-state index contributed by atoms with van der Waals surface area (Å²) in [5, 5.41) is 0. The van der Waals surface area contributed by atoms with Gasteiger partial charge in [0.05, 0.1) is 0 Å². The van der Waals surface area contributed by atoms with Crippen molar-refractivity contribution in [1.82, 2.24) is 0 Å². The summed E-state index contributed by atoms with van der Waals surface area (Å²) in [4.78, 5) is 7.84. The monoisotopic (exact) mass is 181 g/mol. The van der Waals surface area contributed by atoms with Gasteiger partial charge in [-0.25, -0.2) is 0 Å².